The first kappa shape index (κ1) is 26.5. The first-order valence-electron chi connectivity index (χ1n) is 11.9. The summed E-state index contributed by atoms with van der Waals surface area (Å²) in [5, 5.41) is 11.9. The van der Waals surface area contributed by atoms with E-state index in [4.69, 9.17) is 32.2 Å². The van der Waals surface area contributed by atoms with E-state index in [-0.39, 0.29) is 31.1 Å². The fourth-order valence-electron chi connectivity index (χ4n) is 3.85. The average Bonchev–Trinajstić information content (AvgIpc) is 2.87. The van der Waals surface area contributed by atoms with Gasteiger partial charge in [-0.05, 0) is 68.1 Å². The minimum atomic E-state index is -0.451. The standard InChI is InChI=1S/C26H33ClN4O4/c27-22-17-19(23(28)8-10-25(29)32)7-9-24(22)35-18-26(33)31-14-11-20(12-15-31)30-13-4-16-34-21-5-2-1-3-6-21/h1-3,5-7,9,17,20,28,30H,4,8,10-16,18H2,(H2,29,32). The molecule has 2 aromatic rings. The lowest BCUT2D eigenvalue weighted by Crippen LogP contribution is -2.46. The zero-order valence-electron chi connectivity index (χ0n) is 19.8. The summed E-state index contributed by atoms with van der Waals surface area (Å²) in [6, 6.07) is 15.1. The second kappa shape index (κ2) is 13.7. The van der Waals surface area contributed by atoms with E-state index < -0.39 is 5.91 Å². The number of hydrogen-bond acceptors (Lipinski definition) is 6. The summed E-state index contributed by atoms with van der Waals surface area (Å²) in [5.74, 6) is 0.751. The molecular weight excluding hydrogens is 468 g/mol. The Morgan fingerprint density at radius 2 is 1.83 bits per heavy atom. The van der Waals surface area contributed by atoms with E-state index in [1.54, 1.807) is 18.2 Å². The molecule has 9 heteroatoms. The van der Waals surface area contributed by atoms with E-state index in [1.165, 1.54) is 0 Å². The topological polar surface area (TPSA) is 118 Å². The van der Waals surface area contributed by atoms with Crippen molar-refractivity contribution in [1.29, 1.82) is 5.41 Å². The van der Waals surface area contributed by atoms with E-state index in [9.17, 15) is 9.59 Å². The van der Waals surface area contributed by atoms with Gasteiger partial charge in [0.2, 0.25) is 5.91 Å². The van der Waals surface area contributed by atoms with Gasteiger partial charge < -0.3 is 30.8 Å². The third kappa shape index (κ3) is 8.88. The number of carbonyl (C=O) groups is 2. The summed E-state index contributed by atoms with van der Waals surface area (Å²) in [4.78, 5) is 25.3. The summed E-state index contributed by atoms with van der Waals surface area (Å²) in [6.45, 7) is 2.83. The molecule has 188 valence electrons. The van der Waals surface area contributed by atoms with Gasteiger partial charge in [0, 0.05) is 31.3 Å². The highest BCUT2D eigenvalue weighted by Crippen LogP contribution is 2.26. The van der Waals surface area contributed by atoms with Gasteiger partial charge in [-0.2, -0.15) is 0 Å². The van der Waals surface area contributed by atoms with Crippen LogP contribution in [0.5, 0.6) is 11.5 Å². The Morgan fingerprint density at radius 3 is 2.51 bits per heavy atom. The molecule has 1 heterocycles. The van der Waals surface area contributed by atoms with E-state index in [0.29, 0.717) is 42.1 Å². The predicted octanol–water partition coefficient (Wildman–Crippen LogP) is 3.40. The van der Waals surface area contributed by atoms with Gasteiger partial charge in [-0.1, -0.05) is 29.8 Å². The normalized spacial score (nSPS) is 13.9. The smallest absolute Gasteiger partial charge is 0.260 e. The van der Waals surface area contributed by atoms with Gasteiger partial charge >= 0.3 is 0 Å². The van der Waals surface area contributed by atoms with Crippen LogP contribution >= 0.6 is 11.6 Å². The van der Waals surface area contributed by atoms with Crippen molar-refractivity contribution in [1.82, 2.24) is 10.2 Å². The number of amides is 2. The van der Waals surface area contributed by atoms with Gasteiger partial charge in [-0.3, -0.25) is 9.59 Å². The Morgan fingerprint density at radius 1 is 1.09 bits per heavy atom. The molecule has 1 saturated heterocycles. The van der Waals surface area contributed by atoms with Crippen molar-refractivity contribution >= 4 is 29.1 Å². The molecule has 2 amide bonds. The molecule has 3 rings (SSSR count). The molecule has 0 spiro atoms. The summed E-state index contributed by atoms with van der Waals surface area (Å²) < 4.78 is 11.4. The highest BCUT2D eigenvalue weighted by molar-refractivity contribution is 6.32. The zero-order valence-corrected chi connectivity index (χ0v) is 20.6. The number of para-hydroxylation sites is 1. The van der Waals surface area contributed by atoms with E-state index in [2.05, 4.69) is 5.32 Å². The molecule has 8 nitrogen and oxygen atoms in total. The molecule has 0 aromatic heterocycles. The molecule has 0 radical (unpaired) electrons. The number of benzene rings is 2. The van der Waals surface area contributed by atoms with Gasteiger partial charge in [0.1, 0.15) is 11.5 Å². The van der Waals surface area contributed by atoms with Crippen LogP contribution in [0.3, 0.4) is 0 Å². The fraction of sp³-hybridized carbons (Fsp3) is 0.423. The third-order valence-electron chi connectivity index (χ3n) is 5.87. The maximum absolute atomic E-state index is 12.6. The number of piperidine rings is 1. The molecule has 0 saturated carbocycles. The molecule has 0 bridgehead atoms. The lowest BCUT2D eigenvalue weighted by molar-refractivity contribution is -0.134. The van der Waals surface area contributed by atoms with Crippen molar-refractivity contribution in [3.05, 3.63) is 59.1 Å². The molecule has 0 unspecified atom stereocenters. The van der Waals surface area contributed by atoms with Gasteiger partial charge in [0.15, 0.2) is 6.61 Å². The fourth-order valence-corrected chi connectivity index (χ4v) is 4.08. The van der Waals surface area contributed by atoms with Crippen LogP contribution in [0, 0.1) is 5.41 Å². The van der Waals surface area contributed by atoms with E-state index in [1.807, 2.05) is 35.2 Å². The van der Waals surface area contributed by atoms with Crippen molar-refractivity contribution in [2.45, 2.75) is 38.1 Å². The van der Waals surface area contributed by atoms with Crippen molar-refractivity contribution in [2.75, 3.05) is 32.8 Å². The van der Waals surface area contributed by atoms with Gasteiger partial charge in [-0.25, -0.2) is 0 Å². The van der Waals surface area contributed by atoms with Crippen LogP contribution in [0.15, 0.2) is 48.5 Å². The molecule has 1 fully saturated rings. The van der Waals surface area contributed by atoms with Crippen LogP contribution in [0.2, 0.25) is 5.02 Å². The summed E-state index contributed by atoms with van der Waals surface area (Å²) in [5.41, 5.74) is 6.00. The van der Waals surface area contributed by atoms with Crippen molar-refractivity contribution in [2.24, 2.45) is 5.73 Å². The molecule has 1 aliphatic rings. The van der Waals surface area contributed by atoms with Crippen molar-refractivity contribution in [3.8, 4) is 11.5 Å². The number of carbonyl (C=O) groups excluding carboxylic acids is 2. The van der Waals surface area contributed by atoms with E-state index >= 15 is 0 Å². The maximum Gasteiger partial charge on any atom is 0.260 e. The summed E-state index contributed by atoms with van der Waals surface area (Å²) in [7, 11) is 0. The summed E-state index contributed by atoms with van der Waals surface area (Å²) >= 11 is 6.27. The largest absolute Gasteiger partial charge is 0.494 e. The summed E-state index contributed by atoms with van der Waals surface area (Å²) in [6.07, 6.45) is 3.07. The first-order chi connectivity index (χ1) is 16.9. The maximum atomic E-state index is 12.6. The number of nitrogens with one attached hydrogen (secondary N) is 2. The van der Waals surface area contributed by atoms with Gasteiger partial charge in [0.25, 0.3) is 5.91 Å². The highest BCUT2D eigenvalue weighted by atomic mass is 35.5. The Bertz CT molecular complexity index is 994. The first-order valence-corrected chi connectivity index (χ1v) is 12.3. The van der Waals surface area contributed by atoms with Crippen molar-refractivity contribution in [3.63, 3.8) is 0 Å². The Kier molecular flexibility index (Phi) is 10.4. The van der Waals surface area contributed by atoms with Crippen molar-refractivity contribution < 1.29 is 19.1 Å². The quantitative estimate of drug-likeness (QED) is 0.288. The van der Waals surface area contributed by atoms with Crippen LogP contribution in [0.4, 0.5) is 0 Å². The molecule has 0 aliphatic carbocycles. The average molecular weight is 501 g/mol. The third-order valence-corrected chi connectivity index (χ3v) is 6.16. The number of nitrogens with zero attached hydrogens (tertiary/aromatic N) is 1. The lowest BCUT2D eigenvalue weighted by Gasteiger charge is -2.32. The van der Waals surface area contributed by atoms with Crippen LogP contribution in [-0.2, 0) is 9.59 Å². The zero-order chi connectivity index (χ0) is 25.0. The highest BCUT2D eigenvalue weighted by Gasteiger charge is 2.23. The molecule has 4 N–H and O–H groups in total. The predicted molar refractivity (Wildman–Crippen MR) is 136 cm³/mol. The van der Waals surface area contributed by atoms with Crippen LogP contribution in [0.1, 0.15) is 37.7 Å². The van der Waals surface area contributed by atoms with Gasteiger partial charge in [0.05, 0.1) is 11.6 Å². The van der Waals surface area contributed by atoms with Gasteiger partial charge in [-0.15, -0.1) is 0 Å². The SMILES string of the molecule is N=C(CCC(N)=O)c1ccc(OCC(=O)N2CCC(NCCCOc3ccccc3)CC2)c(Cl)c1. The second-order valence-electron chi connectivity index (χ2n) is 8.50. The number of primary amides is 1. The molecule has 0 atom stereocenters. The molecule has 1 aliphatic heterocycles. The van der Waals surface area contributed by atoms with Crippen LogP contribution in [0.25, 0.3) is 0 Å². The number of ether oxygens (including phenoxy) is 2. The molecular formula is C26H33ClN4O4. The Labute approximate surface area is 211 Å². The molecule has 35 heavy (non-hydrogen) atoms. The Hall–Kier alpha value is -3.10. The minimum absolute atomic E-state index is 0.0749. The number of nitrogens with two attached hydrogens (primary N) is 1. The van der Waals surface area contributed by atoms with Crippen LogP contribution in [-0.4, -0.2) is 61.3 Å². The van der Waals surface area contributed by atoms with E-state index in [0.717, 1.165) is 31.6 Å². The number of likely N-dealkylation sites (tertiary alicyclic amines) is 1. The monoisotopic (exact) mass is 500 g/mol. The lowest BCUT2D eigenvalue weighted by atomic mass is 10.0. The second-order valence-corrected chi connectivity index (χ2v) is 8.91. The minimum Gasteiger partial charge on any atom is -0.494 e. The number of hydrogen-bond donors (Lipinski definition) is 3. The number of halogens is 1. The van der Waals surface area contributed by atoms with Crippen LogP contribution < -0.4 is 20.5 Å². The Balaban J connectivity index is 1.32. The molecule has 2 aromatic carbocycles. The number of rotatable bonds is 13.